The maximum atomic E-state index is 4.48. The van der Waals surface area contributed by atoms with Crippen LogP contribution in [-0.2, 0) is 6.54 Å². The molecule has 0 aliphatic heterocycles. The van der Waals surface area contributed by atoms with E-state index in [-0.39, 0.29) is 0 Å². The largest absolute Gasteiger partial charge is 0.350 e. The van der Waals surface area contributed by atoms with Gasteiger partial charge in [0.1, 0.15) is 0 Å². The molecular formula is C15H12BrN3. The van der Waals surface area contributed by atoms with Crippen molar-refractivity contribution in [2.45, 2.75) is 6.54 Å². The second-order valence-electron chi connectivity index (χ2n) is 4.23. The maximum absolute atomic E-state index is 4.48. The van der Waals surface area contributed by atoms with Gasteiger partial charge in [-0.1, -0.05) is 46.3 Å². The number of rotatable bonds is 3. The van der Waals surface area contributed by atoms with Crippen molar-refractivity contribution in [1.82, 2.24) is 9.97 Å². The lowest BCUT2D eigenvalue weighted by Crippen LogP contribution is -2.03. The van der Waals surface area contributed by atoms with Gasteiger partial charge in [0.2, 0.25) is 5.95 Å². The van der Waals surface area contributed by atoms with Crippen LogP contribution in [0.5, 0.6) is 0 Å². The number of hydrogen-bond acceptors (Lipinski definition) is 3. The highest BCUT2D eigenvalue weighted by Crippen LogP contribution is 2.14. The molecular weight excluding hydrogens is 302 g/mol. The summed E-state index contributed by atoms with van der Waals surface area (Å²) in [5.74, 6) is 0.654. The van der Waals surface area contributed by atoms with Gasteiger partial charge in [0.25, 0.3) is 0 Å². The first kappa shape index (κ1) is 12.1. The lowest BCUT2D eigenvalue weighted by molar-refractivity contribution is 1.07. The summed E-state index contributed by atoms with van der Waals surface area (Å²) >= 11 is 3.42. The van der Waals surface area contributed by atoms with Crippen LogP contribution >= 0.6 is 15.9 Å². The second kappa shape index (κ2) is 5.36. The number of benzene rings is 2. The quantitative estimate of drug-likeness (QED) is 0.794. The van der Waals surface area contributed by atoms with Crippen LogP contribution in [0.3, 0.4) is 0 Å². The number of hydrogen-bond donors (Lipinski definition) is 1. The fraction of sp³-hybridized carbons (Fsp3) is 0.0667. The highest BCUT2D eigenvalue weighted by atomic mass is 79.9. The fourth-order valence-corrected chi connectivity index (χ4v) is 2.11. The summed E-state index contributed by atoms with van der Waals surface area (Å²) in [6.45, 7) is 0.714. The van der Waals surface area contributed by atoms with Gasteiger partial charge in [-0.3, -0.25) is 0 Å². The van der Waals surface area contributed by atoms with Crippen molar-refractivity contribution in [3.8, 4) is 0 Å². The van der Waals surface area contributed by atoms with E-state index in [0.717, 1.165) is 15.4 Å². The van der Waals surface area contributed by atoms with E-state index < -0.39 is 0 Å². The van der Waals surface area contributed by atoms with Crippen LogP contribution < -0.4 is 5.32 Å². The topological polar surface area (TPSA) is 37.8 Å². The van der Waals surface area contributed by atoms with Gasteiger partial charge in [0, 0.05) is 22.6 Å². The van der Waals surface area contributed by atoms with E-state index in [1.165, 1.54) is 5.56 Å². The number of nitrogens with zero attached hydrogens (tertiary/aromatic N) is 2. The Morgan fingerprint density at radius 1 is 1.00 bits per heavy atom. The molecule has 0 aliphatic carbocycles. The predicted octanol–water partition coefficient (Wildman–Crippen LogP) is 4.00. The molecule has 19 heavy (non-hydrogen) atoms. The Balaban J connectivity index is 1.76. The Morgan fingerprint density at radius 2 is 1.79 bits per heavy atom. The van der Waals surface area contributed by atoms with E-state index in [1.54, 1.807) is 0 Å². The standard InChI is InChI=1S/C15H12BrN3/c16-13-7-5-11(6-8-13)9-17-15-18-10-12-3-1-2-4-14(12)19-15/h1-8,10H,9H2,(H,17,18,19). The molecule has 1 aromatic heterocycles. The summed E-state index contributed by atoms with van der Waals surface area (Å²) in [7, 11) is 0. The molecule has 0 unspecified atom stereocenters. The minimum Gasteiger partial charge on any atom is -0.350 e. The molecule has 3 rings (SSSR count). The Bertz CT molecular complexity index is 695. The molecule has 0 aliphatic rings. The first-order valence-electron chi connectivity index (χ1n) is 6.01. The third-order valence-corrected chi connectivity index (χ3v) is 3.38. The zero-order chi connectivity index (χ0) is 13.1. The summed E-state index contributed by atoms with van der Waals surface area (Å²) < 4.78 is 1.08. The van der Waals surface area contributed by atoms with Crippen LogP contribution in [0, 0.1) is 0 Å². The number of halogens is 1. The Morgan fingerprint density at radius 3 is 2.63 bits per heavy atom. The van der Waals surface area contributed by atoms with E-state index in [9.17, 15) is 0 Å². The van der Waals surface area contributed by atoms with E-state index >= 15 is 0 Å². The zero-order valence-electron chi connectivity index (χ0n) is 10.2. The molecule has 0 amide bonds. The average molecular weight is 314 g/mol. The van der Waals surface area contributed by atoms with Crippen molar-refractivity contribution in [2.75, 3.05) is 5.32 Å². The molecule has 0 radical (unpaired) electrons. The fourth-order valence-electron chi connectivity index (χ4n) is 1.84. The Labute approximate surface area is 119 Å². The van der Waals surface area contributed by atoms with Crippen LogP contribution in [-0.4, -0.2) is 9.97 Å². The molecule has 94 valence electrons. The van der Waals surface area contributed by atoms with Crippen LogP contribution in [0.25, 0.3) is 10.9 Å². The summed E-state index contributed by atoms with van der Waals surface area (Å²) in [5, 5.41) is 4.29. The van der Waals surface area contributed by atoms with Gasteiger partial charge in [-0.05, 0) is 23.8 Å². The van der Waals surface area contributed by atoms with Crippen LogP contribution in [0.2, 0.25) is 0 Å². The Kier molecular flexibility index (Phi) is 3.42. The van der Waals surface area contributed by atoms with Gasteiger partial charge < -0.3 is 5.32 Å². The third kappa shape index (κ3) is 2.90. The van der Waals surface area contributed by atoms with Crippen molar-refractivity contribution in [2.24, 2.45) is 0 Å². The van der Waals surface area contributed by atoms with E-state index in [2.05, 4.69) is 43.3 Å². The van der Waals surface area contributed by atoms with E-state index in [4.69, 9.17) is 0 Å². The smallest absolute Gasteiger partial charge is 0.223 e. The van der Waals surface area contributed by atoms with Crippen molar-refractivity contribution in [3.63, 3.8) is 0 Å². The Hall–Kier alpha value is -1.94. The number of fused-ring (bicyclic) bond motifs is 1. The minimum absolute atomic E-state index is 0.654. The van der Waals surface area contributed by atoms with Gasteiger partial charge in [-0.15, -0.1) is 0 Å². The van der Waals surface area contributed by atoms with Gasteiger partial charge in [-0.2, -0.15) is 0 Å². The lowest BCUT2D eigenvalue weighted by atomic mass is 10.2. The normalized spacial score (nSPS) is 10.6. The summed E-state index contributed by atoms with van der Waals surface area (Å²) in [5.41, 5.74) is 2.15. The maximum Gasteiger partial charge on any atom is 0.223 e. The molecule has 3 aromatic rings. The second-order valence-corrected chi connectivity index (χ2v) is 5.15. The van der Waals surface area contributed by atoms with Gasteiger partial charge >= 0.3 is 0 Å². The first-order chi connectivity index (χ1) is 9.31. The van der Waals surface area contributed by atoms with Crippen LogP contribution in [0.4, 0.5) is 5.95 Å². The molecule has 0 bridgehead atoms. The SMILES string of the molecule is Brc1ccc(CNc2ncc3ccccc3n2)cc1. The number of anilines is 1. The number of para-hydroxylation sites is 1. The molecule has 1 N–H and O–H groups in total. The average Bonchev–Trinajstić information content (AvgIpc) is 2.46. The van der Waals surface area contributed by atoms with Gasteiger partial charge in [0.15, 0.2) is 0 Å². The molecule has 0 spiro atoms. The highest BCUT2D eigenvalue weighted by molar-refractivity contribution is 9.10. The molecule has 0 saturated carbocycles. The summed E-state index contributed by atoms with van der Waals surface area (Å²) in [6, 6.07) is 16.1. The van der Waals surface area contributed by atoms with E-state index in [1.807, 2.05) is 42.6 Å². The molecule has 4 heteroatoms. The minimum atomic E-state index is 0.654. The zero-order valence-corrected chi connectivity index (χ0v) is 11.8. The molecule has 1 heterocycles. The van der Waals surface area contributed by atoms with Crippen molar-refractivity contribution < 1.29 is 0 Å². The van der Waals surface area contributed by atoms with Gasteiger partial charge in [-0.25, -0.2) is 9.97 Å². The highest BCUT2D eigenvalue weighted by Gasteiger charge is 1.99. The van der Waals surface area contributed by atoms with Crippen molar-refractivity contribution >= 4 is 32.8 Å². The van der Waals surface area contributed by atoms with Crippen LogP contribution in [0.15, 0.2) is 59.2 Å². The summed E-state index contributed by atoms with van der Waals surface area (Å²) in [6.07, 6.45) is 1.84. The van der Waals surface area contributed by atoms with E-state index in [0.29, 0.717) is 12.5 Å². The van der Waals surface area contributed by atoms with Crippen LogP contribution in [0.1, 0.15) is 5.56 Å². The monoisotopic (exact) mass is 313 g/mol. The molecule has 0 fully saturated rings. The third-order valence-electron chi connectivity index (χ3n) is 2.85. The molecule has 3 nitrogen and oxygen atoms in total. The first-order valence-corrected chi connectivity index (χ1v) is 6.81. The molecule has 0 saturated heterocycles. The molecule has 0 atom stereocenters. The summed E-state index contributed by atoms with van der Waals surface area (Å²) in [4.78, 5) is 8.78. The predicted molar refractivity (Wildman–Crippen MR) is 81.0 cm³/mol. The number of nitrogens with one attached hydrogen (secondary N) is 1. The lowest BCUT2D eigenvalue weighted by Gasteiger charge is -2.06. The number of aromatic nitrogens is 2. The molecule has 2 aromatic carbocycles. The van der Waals surface area contributed by atoms with Gasteiger partial charge in [0.05, 0.1) is 5.52 Å². The van der Waals surface area contributed by atoms with Crippen molar-refractivity contribution in [1.29, 1.82) is 0 Å². The van der Waals surface area contributed by atoms with Crippen molar-refractivity contribution in [3.05, 3.63) is 64.8 Å².